The molecule has 0 fully saturated rings. The number of nitrogens with one attached hydrogen (secondary N) is 1. The molecule has 2 aromatic rings. The standard InChI is InChI=1S/C20H19FN2O2S/c1-3-25-19(24)17-13(2)23(16-11-9-15(21)10-12-16)20(26)22-18(17)14-7-5-4-6-8-14/h4-12,18H,3H2,1-2H3,(H,22,26)/t18-/m0/s1. The molecule has 0 radical (unpaired) electrons. The number of benzene rings is 2. The monoisotopic (exact) mass is 370 g/mol. The summed E-state index contributed by atoms with van der Waals surface area (Å²) < 4.78 is 18.6. The molecule has 0 unspecified atom stereocenters. The second kappa shape index (κ2) is 7.66. The molecule has 1 N–H and O–H groups in total. The van der Waals surface area contributed by atoms with E-state index in [-0.39, 0.29) is 12.4 Å². The maximum absolute atomic E-state index is 13.3. The highest BCUT2D eigenvalue weighted by Gasteiger charge is 2.35. The predicted octanol–water partition coefficient (Wildman–Crippen LogP) is 4.10. The van der Waals surface area contributed by atoms with E-state index in [9.17, 15) is 9.18 Å². The first-order valence-electron chi connectivity index (χ1n) is 8.32. The minimum absolute atomic E-state index is 0.276. The number of nitrogens with zero attached hydrogens (tertiary/aromatic N) is 1. The Balaban J connectivity index is 2.11. The van der Waals surface area contributed by atoms with Crippen LogP contribution in [-0.2, 0) is 9.53 Å². The predicted molar refractivity (Wildman–Crippen MR) is 103 cm³/mol. The summed E-state index contributed by atoms with van der Waals surface area (Å²) in [6.45, 7) is 3.86. The number of thiocarbonyl (C=S) groups is 1. The van der Waals surface area contributed by atoms with Crippen molar-refractivity contribution in [2.24, 2.45) is 0 Å². The second-order valence-corrected chi connectivity index (χ2v) is 6.21. The third-order valence-corrected chi connectivity index (χ3v) is 4.50. The van der Waals surface area contributed by atoms with Crippen molar-refractivity contribution in [1.82, 2.24) is 5.32 Å². The van der Waals surface area contributed by atoms with E-state index in [0.29, 0.717) is 22.1 Å². The highest BCUT2D eigenvalue weighted by Crippen LogP contribution is 2.34. The molecule has 0 aliphatic carbocycles. The van der Waals surface area contributed by atoms with E-state index in [1.54, 1.807) is 24.0 Å². The molecule has 1 aliphatic rings. The molecule has 134 valence electrons. The third kappa shape index (κ3) is 3.46. The number of halogens is 1. The van der Waals surface area contributed by atoms with Crippen LogP contribution in [0.25, 0.3) is 0 Å². The summed E-state index contributed by atoms with van der Waals surface area (Å²) in [5.74, 6) is -0.736. The molecule has 0 saturated carbocycles. The first kappa shape index (κ1) is 18.1. The number of ether oxygens (including phenoxy) is 1. The van der Waals surface area contributed by atoms with Crippen molar-refractivity contribution in [1.29, 1.82) is 0 Å². The van der Waals surface area contributed by atoms with E-state index in [0.717, 1.165) is 5.56 Å². The number of rotatable bonds is 4. The molecule has 4 nitrogen and oxygen atoms in total. The Morgan fingerprint density at radius 3 is 2.46 bits per heavy atom. The minimum Gasteiger partial charge on any atom is -0.463 e. The quantitative estimate of drug-likeness (QED) is 0.648. The van der Waals surface area contributed by atoms with Crippen molar-refractivity contribution in [2.75, 3.05) is 11.5 Å². The topological polar surface area (TPSA) is 41.6 Å². The van der Waals surface area contributed by atoms with Gasteiger partial charge in [0.1, 0.15) is 5.82 Å². The molecule has 1 aliphatic heterocycles. The molecule has 6 heteroatoms. The van der Waals surface area contributed by atoms with Crippen LogP contribution >= 0.6 is 12.2 Å². The SMILES string of the molecule is CCOC(=O)C1=C(C)N(c2ccc(F)cc2)C(=S)N[C@H]1c1ccccc1. The molecule has 26 heavy (non-hydrogen) atoms. The number of hydrogen-bond acceptors (Lipinski definition) is 3. The van der Waals surface area contributed by atoms with Gasteiger partial charge in [-0.3, -0.25) is 4.90 Å². The lowest BCUT2D eigenvalue weighted by atomic mass is 9.95. The van der Waals surface area contributed by atoms with Crippen LogP contribution in [0.4, 0.5) is 10.1 Å². The molecule has 0 saturated heterocycles. The van der Waals surface area contributed by atoms with Crippen LogP contribution in [0.2, 0.25) is 0 Å². The third-order valence-electron chi connectivity index (χ3n) is 4.20. The molecule has 3 rings (SSSR count). The van der Waals surface area contributed by atoms with Crippen molar-refractivity contribution < 1.29 is 13.9 Å². The van der Waals surface area contributed by atoms with Gasteiger partial charge in [0.2, 0.25) is 0 Å². The van der Waals surface area contributed by atoms with Gasteiger partial charge in [-0.2, -0.15) is 0 Å². The van der Waals surface area contributed by atoms with E-state index < -0.39 is 12.0 Å². The molecule has 1 heterocycles. The van der Waals surface area contributed by atoms with Crippen molar-refractivity contribution in [3.63, 3.8) is 0 Å². The van der Waals surface area contributed by atoms with Crippen LogP contribution in [0.3, 0.4) is 0 Å². The van der Waals surface area contributed by atoms with E-state index in [4.69, 9.17) is 17.0 Å². The fraction of sp³-hybridized carbons (Fsp3) is 0.200. The van der Waals surface area contributed by atoms with Crippen molar-refractivity contribution in [3.05, 3.63) is 77.2 Å². The van der Waals surface area contributed by atoms with Crippen molar-refractivity contribution in [3.8, 4) is 0 Å². The lowest BCUT2D eigenvalue weighted by Gasteiger charge is -2.37. The summed E-state index contributed by atoms with van der Waals surface area (Å²) >= 11 is 5.54. The van der Waals surface area contributed by atoms with Gasteiger partial charge in [-0.05, 0) is 55.9 Å². The van der Waals surface area contributed by atoms with Crippen LogP contribution in [0.5, 0.6) is 0 Å². The number of anilines is 1. The average Bonchev–Trinajstić information content (AvgIpc) is 2.63. The van der Waals surface area contributed by atoms with Gasteiger partial charge in [0.15, 0.2) is 5.11 Å². The first-order chi connectivity index (χ1) is 12.5. The van der Waals surface area contributed by atoms with Crippen molar-refractivity contribution in [2.45, 2.75) is 19.9 Å². The molecule has 1 atom stereocenters. The van der Waals surface area contributed by atoms with E-state index in [2.05, 4.69) is 5.32 Å². The fourth-order valence-corrected chi connectivity index (χ4v) is 3.37. The smallest absolute Gasteiger partial charge is 0.338 e. The van der Waals surface area contributed by atoms with Crippen LogP contribution < -0.4 is 10.2 Å². The van der Waals surface area contributed by atoms with Gasteiger partial charge in [-0.15, -0.1) is 0 Å². The molecule has 0 aromatic heterocycles. The number of carbonyl (C=O) groups is 1. The molecule has 0 amide bonds. The highest BCUT2D eigenvalue weighted by atomic mass is 32.1. The zero-order valence-electron chi connectivity index (χ0n) is 14.5. The number of carbonyl (C=O) groups excluding carboxylic acids is 1. The van der Waals surface area contributed by atoms with Gasteiger partial charge in [0.05, 0.1) is 18.2 Å². The van der Waals surface area contributed by atoms with Crippen LogP contribution in [0.15, 0.2) is 65.9 Å². The average molecular weight is 370 g/mol. The molecular formula is C20H19FN2O2S. The zero-order valence-corrected chi connectivity index (χ0v) is 15.3. The van der Waals surface area contributed by atoms with Gasteiger partial charge in [-0.1, -0.05) is 30.3 Å². The number of hydrogen-bond donors (Lipinski definition) is 1. The number of allylic oxidation sites excluding steroid dienone is 1. The minimum atomic E-state index is -0.403. The van der Waals surface area contributed by atoms with Crippen LogP contribution in [0, 0.1) is 5.82 Å². The van der Waals surface area contributed by atoms with Gasteiger partial charge in [0, 0.05) is 11.4 Å². The second-order valence-electron chi connectivity index (χ2n) is 5.82. The maximum atomic E-state index is 13.3. The largest absolute Gasteiger partial charge is 0.463 e. The fourth-order valence-electron chi connectivity index (χ4n) is 3.01. The Morgan fingerprint density at radius 2 is 1.85 bits per heavy atom. The van der Waals surface area contributed by atoms with E-state index >= 15 is 0 Å². The van der Waals surface area contributed by atoms with Crippen LogP contribution in [-0.4, -0.2) is 17.7 Å². The normalized spacial score (nSPS) is 17.1. The van der Waals surface area contributed by atoms with Crippen molar-refractivity contribution >= 4 is 29.0 Å². The molecular weight excluding hydrogens is 351 g/mol. The summed E-state index contributed by atoms with van der Waals surface area (Å²) in [5, 5.41) is 3.66. The summed E-state index contributed by atoms with van der Waals surface area (Å²) in [4.78, 5) is 14.4. The maximum Gasteiger partial charge on any atom is 0.338 e. The van der Waals surface area contributed by atoms with E-state index in [1.165, 1.54) is 12.1 Å². The zero-order chi connectivity index (χ0) is 18.7. The molecule has 0 bridgehead atoms. The molecule has 0 spiro atoms. The first-order valence-corrected chi connectivity index (χ1v) is 8.72. The summed E-state index contributed by atoms with van der Waals surface area (Å²) in [6.07, 6.45) is 0. The van der Waals surface area contributed by atoms with E-state index in [1.807, 2.05) is 37.3 Å². The Morgan fingerprint density at radius 1 is 1.19 bits per heavy atom. The number of esters is 1. The lowest BCUT2D eigenvalue weighted by molar-refractivity contribution is -0.139. The lowest BCUT2D eigenvalue weighted by Crippen LogP contribution is -2.48. The molecule has 2 aromatic carbocycles. The Labute approximate surface area is 157 Å². The van der Waals surface area contributed by atoms with Gasteiger partial charge >= 0.3 is 5.97 Å². The Bertz CT molecular complexity index is 850. The Kier molecular flexibility index (Phi) is 5.32. The summed E-state index contributed by atoms with van der Waals surface area (Å²) in [7, 11) is 0. The van der Waals surface area contributed by atoms with Gasteiger partial charge < -0.3 is 10.1 Å². The van der Waals surface area contributed by atoms with Crippen LogP contribution in [0.1, 0.15) is 25.5 Å². The Hall–Kier alpha value is -2.73. The highest BCUT2D eigenvalue weighted by molar-refractivity contribution is 7.80. The van der Waals surface area contributed by atoms with Gasteiger partial charge in [-0.25, -0.2) is 9.18 Å². The summed E-state index contributed by atoms with van der Waals surface area (Å²) in [5.41, 5.74) is 2.73. The van der Waals surface area contributed by atoms with Gasteiger partial charge in [0.25, 0.3) is 0 Å². The summed E-state index contributed by atoms with van der Waals surface area (Å²) in [6, 6.07) is 15.2.